The van der Waals surface area contributed by atoms with Crippen LogP contribution in [0.5, 0.6) is 0 Å². The van der Waals surface area contributed by atoms with Crippen LogP contribution >= 0.6 is 0 Å². The molecule has 1 saturated heterocycles. The molecule has 0 aliphatic carbocycles. The topological polar surface area (TPSA) is 48.1 Å². The summed E-state index contributed by atoms with van der Waals surface area (Å²) >= 11 is 0. The van der Waals surface area contributed by atoms with Gasteiger partial charge in [0.25, 0.3) is 0 Å². The van der Waals surface area contributed by atoms with Gasteiger partial charge in [0, 0.05) is 25.4 Å². The van der Waals surface area contributed by atoms with Crippen molar-refractivity contribution in [3.05, 3.63) is 35.2 Å². The van der Waals surface area contributed by atoms with Crippen molar-refractivity contribution < 1.29 is 10.2 Å². The number of aliphatic hydroxyl groups excluding tert-OH is 1. The van der Waals surface area contributed by atoms with Crippen LogP contribution in [0.15, 0.2) is 18.2 Å². The zero-order chi connectivity index (χ0) is 13.9. The Kier molecular flexibility index (Phi) is 4.08. The quantitative estimate of drug-likeness (QED) is 0.820. The van der Waals surface area contributed by atoms with Crippen molar-refractivity contribution in [2.45, 2.75) is 31.8 Å². The number of rotatable bonds is 3. The van der Waals surface area contributed by atoms with E-state index in [2.05, 4.69) is 9.74 Å². The summed E-state index contributed by atoms with van der Waals surface area (Å²) in [6.07, 6.45) is 1.81. The minimum Gasteiger partial charge on any atom is -0.396 e. The summed E-state index contributed by atoms with van der Waals surface area (Å²) < 4.78 is 0. The van der Waals surface area contributed by atoms with Gasteiger partial charge in [-0.2, -0.15) is 0 Å². The minimum atomic E-state index is -0.712. The Morgan fingerprint density at radius 3 is 2.58 bits per heavy atom. The lowest BCUT2D eigenvalue weighted by Gasteiger charge is -2.39. The van der Waals surface area contributed by atoms with E-state index in [-0.39, 0.29) is 6.61 Å². The number of hydrogen-bond acceptors (Lipinski definition) is 3. The third kappa shape index (κ3) is 3.06. The van der Waals surface area contributed by atoms with Crippen LogP contribution in [0, 0.1) is 13.5 Å². The molecule has 1 aromatic carbocycles. The van der Waals surface area contributed by atoms with Crippen LogP contribution in [0.2, 0.25) is 0 Å². The third-order valence-corrected chi connectivity index (χ3v) is 3.94. The molecule has 0 radical (unpaired) electrons. The van der Waals surface area contributed by atoms with Crippen molar-refractivity contribution in [1.29, 1.82) is 0 Å². The first-order valence-corrected chi connectivity index (χ1v) is 6.64. The Hall–Kier alpha value is -1.57. The number of benzene rings is 1. The third-order valence-electron chi connectivity index (χ3n) is 3.94. The molecule has 4 heteroatoms. The first-order chi connectivity index (χ1) is 9.08. The molecule has 1 aromatic rings. The Balaban J connectivity index is 2.06. The second-order valence-corrected chi connectivity index (χ2v) is 5.27. The second-order valence-electron chi connectivity index (χ2n) is 5.27. The maximum Gasteiger partial charge on any atom is 0.190 e. The summed E-state index contributed by atoms with van der Waals surface area (Å²) in [5.74, 6) is 0. The van der Waals surface area contributed by atoms with E-state index in [1.165, 1.54) is 0 Å². The van der Waals surface area contributed by atoms with Gasteiger partial charge >= 0.3 is 0 Å². The zero-order valence-electron chi connectivity index (χ0n) is 11.3. The van der Waals surface area contributed by atoms with Crippen molar-refractivity contribution in [1.82, 2.24) is 0 Å². The van der Waals surface area contributed by atoms with Gasteiger partial charge in [0.1, 0.15) is 0 Å². The molecule has 1 heterocycles. The molecule has 0 spiro atoms. The lowest BCUT2D eigenvalue weighted by atomic mass is 9.88. The van der Waals surface area contributed by atoms with Gasteiger partial charge in [0.05, 0.1) is 12.2 Å². The average Bonchev–Trinajstić information content (AvgIpc) is 2.39. The van der Waals surface area contributed by atoms with E-state index in [9.17, 15) is 5.11 Å². The van der Waals surface area contributed by atoms with Crippen molar-refractivity contribution in [2.75, 3.05) is 24.6 Å². The van der Waals surface area contributed by atoms with Crippen LogP contribution in [0.1, 0.15) is 24.8 Å². The molecule has 2 rings (SSSR count). The van der Waals surface area contributed by atoms with E-state index in [1.54, 1.807) is 0 Å². The van der Waals surface area contributed by atoms with Crippen LogP contribution < -0.4 is 4.90 Å². The summed E-state index contributed by atoms with van der Waals surface area (Å²) in [5, 5.41) is 19.2. The molecule has 0 saturated carbocycles. The minimum absolute atomic E-state index is 0.0370. The van der Waals surface area contributed by atoms with E-state index < -0.39 is 5.60 Å². The van der Waals surface area contributed by atoms with E-state index in [0.29, 0.717) is 24.9 Å². The second kappa shape index (κ2) is 5.60. The maximum absolute atomic E-state index is 10.2. The normalized spacial score (nSPS) is 18.1. The van der Waals surface area contributed by atoms with Crippen LogP contribution in [0.25, 0.3) is 4.85 Å². The van der Waals surface area contributed by atoms with Gasteiger partial charge in [-0.3, -0.25) is 0 Å². The molecule has 1 fully saturated rings. The fourth-order valence-corrected chi connectivity index (χ4v) is 2.60. The Morgan fingerprint density at radius 2 is 2.05 bits per heavy atom. The fraction of sp³-hybridized carbons (Fsp3) is 0.533. The van der Waals surface area contributed by atoms with E-state index >= 15 is 0 Å². The van der Waals surface area contributed by atoms with Gasteiger partial charge in [-0.05, 0) is 43.9 Å². The van der Waals surface area contributed by atoms with E-state index in [4.69, 9.17) is 11.7 Å². The summed E-state index contributed by atoms with van der Waals surface area (Å²) in [5.41, 5.74) is 2.08. The average molecular weight is 260 g/mol. The lowest BCUT2D eigenvalue weighted by Crippen LogP contribution is -2.44. The van der Waals surface area contributed by atoms with Crippen molar-refractivity contribution >= 4 is 11.4 Å². The molecule has 1 aliphatic rings. The van der Waals surface area contributed by atoms with Gasteiger partial charge in [0.2, 0.25) is 0 Å². The zero-order valence-corrected chi connectivity index (χ0v) is 11.3. The van der Waals surface area contributed by atoms with E-state index in [0.717, 1.165) is 24.3 Å². The van der Waals surface area contributed by atoms with Gasteiger partial charge < -0.3 is 15.1 Å². The van der Waals surface area contributed by atoms with Crippen molar-refractivity contribution in [2.24, 2.45) is 0 Å². The Bertz CT molecular complexity index is 485. The highest BCUT2D eigenvalue weighted by Crippen LogP contribution is 2.30. The number of hydrogen-bond donors (Lipinski definition) is 2. The number of aliphatic hydroxyl groups is 2. The molecule has 1 aliphatic heterocycles. The predicted molar refractivity (Wildman–Crippen MR) is 75.5 cm³/mol. The molecule has 0 aromatic heterocycles. The highest BCUT2D eigenvalue weighted by atomic mass is 16.3. The van der Waals surface area contributed by atoms with E-state index in [1.807, 2.05) is 25.1 Å². The number of piperidine rings is 1. The Morgan fingerprint density at radius 1 is 1.37 bits per heavy atom. The molecule has 0 amide bonds. The first-order valence-electron chi connectivity index (χ1n) is 6.64. The summed E-state index contributed by atoms with van der Waals surface area (Å²) in [7, 11) is 0. The molecular weight excluding hydrogens is 240 g/mol. The monoisotopic (exact) mass is 260 g/mol. The molecule has 4 nitrogen and oxygen atoms in total. The first kappa shape index (κ1) is 13.9. The largest absolute Gasteiger partial charge is 0.396 e. The van der Waals surface area contributed by atoms with Crippen LogP contribution in [-0.4, -0.2) is 35.5 Å². The predicted octanol–water partition coefficient (Wildman–Crippen LogP) is 2.26. The molecular formula is C15H20N2O2. The summed E-state index contributed by atoms with van der Waals surface area (Å²) in [6, 6.07) is 5.85. The number of nitrogens with zero attached hydrogens (tertiary/aromatic N) is 2. The van der Waals surface area contributed by atoms with Crippen LogP contribution in [-0.2, 0) is 0 Å². The van der Waals surface area contributed by atoms with Crippen molar-refractivity contribution in [3.8, 4) is 0 Å². The van der Waals surface area contributed by atoms with Gasteiger partial charge in [0.15, 0.2) is 5.69 Å². The molecule has 0 unspecified atom stereocenters. The standard InChI is InChI=1S/C15H20N2O2/c1-12-11-13(3-4-14(12)16-2)17-8-5-15(19,6-9-17)7-10-18/h3-4,11,18-19H,5-10H2,1H3. The lowest BCUT2D eigenvalue weighted by molar-refractivity contribution is -0.00533. The number of aryl methyl sites for hydroxylation is 1. The molecule has 0 atom stereocenters. The SMILES string of the molecule is [C-]#[N+]c1ccc(N2CCC(O)(CCO)CC2)cc1C. The highest BCUT2D eigenvalue weighted by molar-refractivity contribution is 5.61. The molecule has 102 valence electrons. The Labute approximate surface area is 114 Å². The van der Waals surface area contributed by atoms with Gasteiger partial charge in [-0.1, -0.05) is 6.07 Å². The highest BCUT2D eigenvalue weighted by Gasteiger charge is 2.31. The molecule has 19 heavy (non-hydrogen) atoms. The van der Waals surface area contributed by atoms with Gasteiger partial charge in [-0.15, -0.1) is 0 Å². The number of anilines is 1. The summed E-state index contributed by atoms with van der Waals surface area (Å²) in [4.78, 5) is 5.70. The molecule has 0 bridgehead atoms. The molecule has 2 N–H and O–H groups in total. The smallest absolute Gasteiger partial charge is 0.190 e. The van der Waals surface area contributed by atoms with Crippen LogP contribution in [0.4, 0.5) is 11.4 Å². The van der Waals surface area contributed by atoms with Crippen LogP contribution in [0.3, 0.4) is 0 Å². The summed E-state index contributed by atoms with van der Waals surface area (Å²) in [6.45, 7) is 10.6. The van der Waals surface area contributed by atoms with Crippen molar-refractivity contribution in [3.63, 3.8) is 0 Å². The van der Waals surface area contributed by atoms with Gasteiger partial charge in [-0.25, -0.2) is 4.85 Å². The fourth-order valence-electron chi connectivity index (χ4n) is 2.60. The maximum atomic E-state index is 10.2.